The molecular weight excluding hydrogens is 396 g/mol. The van der Waals surface area contributed by atoms with Gasteiger partial charge in [-0.05, 0) is 57.5 Å². The molecule has 1 fully saturated rings. The van der Waals surface area contributed by atoms with Crippen LogP contribution in [0.1, 0.15) is 43.9 Å². The average molecular weight is 433 g/mol. The van der Waals surface area contributed by atoms with Gasteiger partial charge in [0.1, 0.15) is 5.78 Å². The zero-order valence-corrected chi connectivity index (χ0v) is 20.3. The van der Waals surface area contributed by atoms with E-state index in [1.54, 1.807) is 13.2 Å². The molecular formula is C24H37ClN4O. The number of nitrogens with zero attached hydrogens (tertiary/aromatic N) is 3. The molecule has 0 bridgehead atoms. The van der Waals surface area contributed by atoms with Crippen molar-refractivity contribution in [3.05, 3.63) is 64.9 Å². The first-order valence-corrected chi connectivity index (χ1v) is 10.6. The number of rotatable bonds is 4. The molecule has 1 aliphatic carbocycles. The second kappa shape index (κ2) is 15.7. The molecule has 0 amide bonds. The zero-order chi connectivity index (χ0) is 23.1. The fourth-order valence-electron chi connectivity index (χ4n) is 2.73. The summed E-state index contributed by atoms with van der Waals surface area (Å²) in [5.41, 5.74) is 2.22. The summed E-state index contributed by atoms with van der Waals surface area (Å²) in [6.45, 7) is 5.95. The molecule has 30 heavy (non-hydrogen) atoms. The molecule has 1 heterocycles. The van der Waals surface area contributed by atoms with Crippen molar-refractivity contribution < 1.29 is 4.79 Å². The molecule has 3 unspecified atom stereocenters. The summed E-state index contributed by atoms with van der Waals surface area (Å²) in [5, 5.41) is 3.46. The molecule has 3 rings (SSSR count). The van der Waals surface area contributed by atoms with Crippen LogP contribution in [0.3, 0.4) is 0 Å². The highest BCUT2D eigenvalue weighted by molar-refractivity contribution is 6.30. The number of halogens is 1. The maximum atomic E-state index is 11.1. The van der Waals surface area contributed by atoms with Gasteiger partial charge in [0.15, 0.2) is 0 Å². The largest absolute Gasteiger partial charge is 0.323 e. The SMILES string of the molecule is CC.CC1C(=O)C1c1cccc(Cl)c1.CN=CC(c1cccnc1)N(C)C.CNC. The monoisotopic (exact) mass is 432 g/mol. The average Bonchev–Trinajstić information content (AvgIpc) is 3.35. The van der Waals surface area contributed by atoms with Crippen LogP contribution in [-0.2, 0) is 4.79 Å². The van der Waals surface area contributed by atoms with Crippen molar-refractivity contribution in [1.82, 2.24) is 15.2 Å². The van der Waals surface area contributed by atoms with Crippen molar-refractivity contribution in [3.63, 3.8) is 0 Å². The molecule has 0 spiro atoms. The van der Waals surface area contributed by atoms with Crippen LogP contribution in [-0.4, -0.2) is 57.1 Å². The van der Waals surface area contributed by atoms with E-state index in [-0.39, 0.29) is 17.9 Å². The molecule has 2 aromatic rings. The lowest BCUT2D eigenvalue weighted by Crippen LogP contribution is -2.21. The minimum atomic E-state index is 0.115. The lowest BCUT2D eigenvalue weighted by molar-refractivity contribution is -0.111. The lowest BCUT2D eigenvalue weighted by atomic mass is 10.1. The first kappa shape index (κ1) is 27.9. The molecule has 3 atom stereocenters. The number of nitrogens with one attached hydrogen (secondary N) is 1. The van der Waals surface area contributed by atoms with Crippen molar-refractivity contribution >= 4 is 23.6 Å². The Labute approximate surface area is 187 Å². The summed E-state index contributed by atoms with van der Waals surface area (Å²) < 4.78 is 0. The minimum Gasteiger partial charge on any atom is -0.323 e. The lowest BCUT2D eigenvalue weighted by Gasteiger charge is -2.19. The van der Waals surface area contributed by atoms with Crippen LogP contribution in [0.15, 0.2) is 53.8 Å². The topological polar surface area (TPSA) is 57.6 Å². The smallest absolute Gasteiger partial charge is 0.144 e. The van der Waals surface area contributed by atoms with E-state index in [4.69, 9.17) is 11.6 Å². The van der Waals surface area contributed by atoms with E-state index in [9.17, 15) is 4.79 Å². The third kappa shape index (κ3) is 9.61. The normalized spacial score (nSPS) is 17.7. The number of carbonyl (C=O) groups excluding carboxylic acids is 1. The van der Waals surface area contributed by atoms with Crippen molar-refractivity contribution in [2.24, 2.45) is 10.9 Å². The number of hydrogen-bond donors (Lipinski definition) is 1. The predicted molar refractivity (Wildman–Crippen MR) is 130 cm³/mol. The van der Waals surface area contributed by atoms with Gasteiger partial charge in [0.2, 0.25) is 0 Å². The van der Waals surface area contributed by atoms with E-state index < -0.39 is 0 Å². The summed E-state index contributed by atoms with van der Waals surface area (Å²) in [6, 6.07) is 11.7. The van der Waals surface area contributed by atoms with E-state index in [2.05, 4.69) is 26.3 Å². The molecule has 5 nitrogen and oxygen atoms in total. The molecule has 0 aliphatic heterocycles. The molecule has 1 aromatic heterocycles. The molecule has 1 aliphatic rings. The fourth-order valence-corrected chi connectivity index (χ4v) is 2.93. The van der Waals surface area contributed by atoms with Gasteiger partial charge in [-0.3, -0.25) is 19.7 Å². The third-order valence-corrected chi connectivity index (χ3v) is 4.46. The Bertz CT molecular complexity index is 750. The fraction of sp³-hybridized carbons (Fsp3) is 0.458. The van der Waals surface area contributed by atoms with Crippen LogP contribution < -0.4 is 5.32 Å². The standard InChI is InChI=1S/C10H9ClO.C10H15N3.C2H7N.C2H6/c1-6-9(10(6)12)7-3-2-4-8(11)5-7;1-11-8-10(13(2)3)9-5-4-6-12-7-9;1-3-2;1-2/h2-6,9H,1H3;4-8,10H,1-3H3;3H,1-2H3;1-2H3. The maximum absolute atomic E-state index is 11.1. The van der Waals surface area contributed by atoms with E-state index in [0.717, 1.165) is 11.1 Å². The number of benzene rings is 1. The molecule has 166 valence electrons. The van der Waals surface area contributed by atoms with E-state index in [1.165, 1.54) is 0 Å². The minimum absolute atomic E-state index is 0.115. The molecule has 0 radical (unpaired) electrons. The van der Waals surface area contributed by atoms with Crippen LogP contribution in [0.2, 0.25) is 5.02 Å². The Balaban J connectivity index is 0.000000463. The second-order valence-electron chi connectivity index (χ2n) is 6.83. The van der Waals surface area contributed by atoms with Crippen molar-refractivity contribution in [2.45, 2.75) is 32.7 Å². The van der Waals surface area contributed by atoms with Gasteiger partial charge in [0.05, 0.1) is 12.0 Å². The third-order valence-electron chi connectivity index (χ3n) is 4.23. The quantitative estimate of drug-likeness (QED) is 0.699. The molecule has 6 heteroatoms. The van der Waals surface area contributed by atoms with Gasteiger partial charge in [0, 0.05) is 36.6 Å². The summed E-state index contributed by atoms with van der Waals surface area (Å²) in [6.07, 6.45) is 5.56. The van der Waals surface area contributed by atoms with Gasteiger partial charge >= 0.3 is 0 Å². The molecule has 1 N–H and O–H groups in total. The number of pyridine rings is 1. The highest BCUT2D eigenvalue weighted by Gasteiger charge is 2.46. The number of ketones is 1. The van der Waals surface area contributed by atoms with Crippen molar-refractivity contribution in [3.8, 4) is 0 Å². The maximum Gasteiger partial charge on any atom is 0.144 e. The first-order chi connectivity index (χ1) is 14.4. The highest BCUT2D eigenvalue weighted by Crippen LogP contribution is 2.42. The van der Waals surface area contributed by atoms with Crippen LogP contribution >= 0.6 is 11.6 Å². The molecule has 0 saturated heterocycles. The Kier molecular flexibility index (Phi) is 14.6. The highest BCUT2D eigenvalue weighted by atomic mass is 35.5. The number of Topliss-reactive ketones (excluding diaryl/α,β-unsaturated/α-hetero) is 1. The van der Waals surface area contributed by atoms with E-state index in [1.807, 2.05) is 91.7 Å². The van der Waals surface area contributed by atoms with Crippen molar-refractivity contribution in [2.75, 3.05) is 35.2 Å². The molecule has 1 aromatic carbocycles. The van der Waals surface area contributed by atoms with E-state index in [0.29, 0.717) is 10.8 Å². The van der Waals surface area contributed by atoms with Crippen molar-refractivity contribution in [1.29, 1.82) is 0 Å². The Morgan fingerprint density at radius 3 is 2.20 bits per heavy atom. The van der Waals surface area contributed by atoms with Gasteiger partial charge < -0.3 is 5.32 Å². The van der Waals surface area contributed by atoms with E-state index >= 15 is 0 Å². The van der Waals surface area contributed by atoms with Crippen LogP contribution in [0.4, 0.5) is 0 Å². The van der Waals surface area contributed by atoms with Gasteiger partial charge in [-0.15, -0.1) is 0 Å². The van der Waals surface area contributed by atoms with Gasteiger partial charge in [-0.25, -0.2) is 0 Å². The summed E-state index contributed by atoms with van der Waals surface area (Å²) in [5.74, 6) is 0.643. The summed E-state index contributed by atoms with van der Waals surface area (Å²) in [4.78, 5) is 21.3. The Morgan fingerprint density at radius 1 is 1.20 bits per heavy atom. The predicted octanol–water partition coefficient (Wildman–Crippen LogP) is 4.89. The Morgan fingerprint density at radius 2 is 1.80 bits per heavy atom. The van der Waals surface area contributed by atoms with Crippen LogP contribution in [0.25, 0.3) is 0 Å². The zero-order valence-electron chi connectivity index (χ0n) is 19.6. The van der Waals surface area contributed by atoms with Gasteiger partial charge in [0.25, 0.3) is 0 Å². The number of hydrogen-bond acceptors (Lipinski definition) is 5. The Hall–Kier alpha value is -2.08. The van der Waals surface area contributed by atoms with Crippen LogP contribution in [0, 0.1) is 5.92 Å². The number of carbonyl (C=O) groups is 1. The first-order valence-electron chi connectivity index (χ1n) is 10.2. The number of aromatic nitrogens is 1. The summed E-state index contributed by atoms with van der Waals surface area (Å²) >= 11 is 5.80. The van der Waals surface area contributed by atoms with Gasteiger partial charge in [-0.1, -0.05) is 50.6 Å². The van der Waals surface area contributed by atoms with Crippen LogP contribution in [0.5, 0.6) is 0 Å². The van der Waals surface area contributed by atoms with Gasteiger partial charge in [-0.2, -0.15) is 0 Å². The summed E-state index contributed by atoms with van der Waals surface area (Å²) in [7, 11) is 9.59. The number of aliphatic imine (C=N–C) groups is 1. The second-order valence-corrected chi connectivity index (χ2v) is 7.26. The molecule has 1 saturated carbocycles.